The largest absolute Gasteiger partial charge is 0.451 e. The lowest BCUT2D eigenvalue weighted by atomic mass is 9.92. The topological polar surface area (TPSA) is 43.4 Å². The van der Waals surface area contributed by atoms with E-state index in [0.717, 1.165) is 0 Å². The molecule has 0 saturated carbocycles. The van der Waals surface area contributed by atoms with Gasteiger partial charge in [0.15, 0.2) is 5.60 Å². The van der Waals surface area contributed by atoms with Crippen LogP contribution in [0.2, 0.25) is 0 Å². The van der Waals surface area contributed by atoms with Crippen LogP contribution in [0.3, 0.4) is 0 Å². The Morgan fingerprint density at radius 2 is 2.00 bits per heavy atom. The zero-order valence-corrected chi connectivity index (χ0v) is 8.53. The maximum absolute atomic E-state index is 12.0. The molecular weight excluding hydrogens is 192 g/mol. The lowest BCUT2D eigenvalue weighted by Gasteiger charge is -2.20. The van der Waals surface area contributed by atoms with Gasteiger partial charge >= 0.3 is 5.97 Å². The maximum atomic E-state index is 12.0. The zero-order chi connectivity index (χ0) is 10.9. The van der Waals surface area contributed by atoms with Crippen molar-refractivity contribution in [3.8, 4) is 0 Å². The number of ketones is 1. The molecule has 3 nitrogen and oxygen atoms in total. The van der Waals surface area contributed by atoms with Crippen molar-refractivity contribution in [1.82, 2.24) is 0 Å². The molecule has 15 heavy (non-hydrogen) atoms. The molecule has 2 rings (SSSR count). The quantitative estimate of drug-likeness (QED) is 0.546. The Morgan fingerprint density at radius 3 is 2.53 bits per heavy atom. The van der Waals surface area contributed by atoms with Crippen LogP contribution in [-0.4, -0.2) is 17.4 Å². The van der Waals surface area contributed by atoms with Crippen LogP contribution in [0.15, 0.2) is 30.3 Å². The SMILES string of the molecule is C[C@@]1(C(=O)c2ccccc2)CCC(=O)O1. The normalized spacial score (nSPS) is 25.0. The number of esters is 1. The highest BCUT2D eigenvalue weighted by Gasteiger charge is 2.42. The fraction of sp³-hybridized carbons (Fsp3) is 0.333. The number of rotatable bonds is 2. The summed E-state index contributed by atoms with van der Waals surface area (Å²) in [6.07, 6.45) is 0.800. The van der Waals surface area contributed by atoms with E-state index in [1.165, 1.54) is 0 Å². The minimum Gasteiger partial charge on any atom is -0.451 e. The highest BCUT2D eigenvalue weighted by molar-refractivity contribution is 6.04. The van der Waals surface area contributed by atoms with Crippen molar-refractivity contribution >= 4 is 11.8 Å². The van der Waals surface area contributed by atoms with Crippen LogP contribution in [0.1, 0.15) is 30.1 Å². The number of hydrogen-bond donors (Lipinski definition) is 0. The molecule has 0 unspecified atom stereocenters. The van der Waals surface area contributed by atoms with Crippen LogP contribution in [0, 0.1) is 0 Å². The molecule has 1 atom stereocenters. The Hall–Kier alpha value is -1.64. The smallest absolute Gasteiger partial charge is 0.306 e. The summed E-state index contributed by atoms with van der Waals surface area (Å²) in [5, 5.41) is 0. The third-order valence-corrected chi connectivity index (χ3v) is 2.66. The van der Waals surface area contributed by atoms with E-state index in [-0.39, 0.29) is 11.8 Å². The van der Waals surface area contributed by atoms with E-state index in [1.54, 1.807) is 31.2 Å². The van der Waals surface area contributed by atoms with E-state index in [2.05, 4.69) is 0 Å². The number of hydrogen-bond acceptors (Lipinski definition) is 3. The van der Waals surface area contributed by atoms with Gasteiger partial charge in [0.25, 0.3) is 0 Å². The number of ether oxygens (including phenoxy) is 1. The number of carbonyl (C=O) groups is 2. The number of Topliss-reactive ketones (excluding diaryl/α,β-unsaturated/α-hetero) is 1. The van der Waals surface area contributed by atoms with E-state index in [9.17, 15) is 9.59 Å². The first-order valence-electron chi connectivity index (χ1n) is 4.93. The summed E-state index contributed by atoms with van der Waals surface area (Å²) in [6, 6.07) is 8.92. The lowest BCUT2D eigenvalue weighted by Crippen LogP contribution is -2.34. The van der Waals surface area contributed by atoms with Crippen LogP contribution in [0.4, 0.5) is 0 Å². The molecule has 78 valence electrons. The van der Waals surface area contributed by atoms with Gasteiger partial charge in [-0.1, -0.05) is 30.3 Å². The van der Waals surface area contributed by atoms with Crippen molar-refractivity contribution in [3.63, 3.8) is 0 Å². The van der Waals surface area contributed by atoms with Gasteiger partial charge in [-0.2, -0.15) is 0 Å². The summed E-state index contributed by atoms with van der Waals surface area (Å²) in [5.41, 5.74) is -0.368. The highest BCUT2D eigenvalue weighted by Crippen LogP contribution is 2.29. The molecule has 0 spiro atoms. The van der Waals surface area contributed by atoms with Crippen LogP contribution >= 0.6 is 0 Å². The molecule has 1 aliphatic heterocycles. The average Bonchev–Trinajstić information content (AvgIpc) is 2.60. The maximum Gasteiger partial charge on any atom is 0.306 e. The second-order valence-corrected chi connectivity index (χ2v) is 3.90. The molecule has 0 bridgehead atoms. The summed E-state index contributed by atoms with van der Waals surface area (Å²) >= 11 is 0. The third kappa shape index (κ3) is 1.77. The van der Waals surface area contributed by atoms with Crippen molar-refractivity contribution in [2.24, 2.45) is 0 Å². The highest BCUT2D eigenvalue weighted by atomic mass is 16.6. The van der Waals surface area contributed by atoms with Gasteiger partial charge in [0.1, 0.15) is 0 Å². The molecule has 0 aromatic heterocycles. The van der Waals surface area contributed by atoms with Crippen LogP contribution < -0.4 is 0 Å². The van der Waals surface area contributed by atoms with Gasteiger partial charge in [-0.3, -0.25) is 9.59 Å². The molecule has 1 saturated heterocycles. The molecular formula is C12H12O3. The van der Waals surface area contributed by atoms with Gasteiger partial charge in [-0.25, -0.2) is 0 Å². The average molecular weight is 204 g/mol. The van der Waals surface area contributed by atoms with E-state index in [1.807, 2.05) is 6.07 Å². The number of benzene rings is 1. The van der Waals surface area contributed by atoms with Crippen LogP contribution in [-0.2, 0) is 9.53 Å². The first kappa shape index (κ1) is 9.90. The van der Waals surface area contributed by atoms with Crippen molar-refractivity contribution in [2.75, 3.05) is 0 Å². The molecule has 0 amide bonds. The van der Waals surface area contributed by atoms with Gasteiger partial charge < -0.3 is 4.74 Å². The van der Waals surface area contributed by atoms with Crippen molar-refractivity contribution in [1.29, 1.82) is 0 Å². The molecule has 0 aliphatic carbocycles. The van der Waals surface area contributed by atoms with Gasteiger partial charge in [-0.05, 0) is 6.92 Å². The standard InChI is InChI=1S/C12H12O3/c1-12(8-7-10(13)15-12)11(14)9-5-3-2-4-6-9/h2-6H,7-8H2,1H3/t12-/m0/s1. The minimum atomic E-state index is -0.960. The Bertz CT molecular complexity index is 397. The van der Waals surface area contributed by atoms with E-state index >= 15 is 0 Å². The molecule has 0 N–H and O–H groups in total. The molecule has 1 heterocycles. The predicted molar refractivity (Wildman–Crippen MR) is 54.5 cm³/mol. The Balaban J connectivity index is 2.25. The summed E-state index contributed by atoms with van der Waals surface area (Å²) in [6.45, 7) is 1.67. The number of carbonyl (C=O) groups excluding carboxylic acids is 2. The Kier molecular flexibility index (Phi) is 2.31. The summed E-state index contributed by atoms with van der Waals surface area (Å²) in [4.78, 5) is 23.1. The summed E-state index contributed by atoms with van der Waals surface area (Å²) in [5.74, 6) is -0.407. The van der Waals surface area contributed by atoms with Gasteiger partial charge in [0, 0.05) is 18.4 Å². The van der Waals surface area contributed by atoms with E-state index in [0.29, 0.717) is 18.4 Å². The summed E-state index contributed by atoms with van der Waals surface area (Å²) in [7, 11) is 0. The van der Waals surface area contributed by atoms with E-state index in [4.69, 9.17) is 4.74 Å². The first-order valence-corrected chi connectivity index (χ1v) is 4.93. The zero-order valence-electron chi connectivity index (χ0n) is 8.53. The fourth-order valence-corrected chi connectivity index (χ4v) is 1.75. The van der Waals surface area contributed by atoms with Crippen LogP contribution in [0.25, 0.3) is 0 Å². The van der Waals surface area contributed by atoms with Gasteiger partial charge in [0.05, 0.1) is 0 Å². The van der Waals surface area contributed by atoms with Crippen molar-refractivity contribution < 1.29 is 14.3 Å². The van der Waals surface area contributed by atoms with Crippen molar-refractivity contribution in [2.45, 2.75) is 25.4 Å². The number of cyclic esters (lactones) is 1. The minimum absolute atomic E-state index is 0.117. The first-order chi connectivity index (χ1) is 7.12. The molecule has 1 aromatic carbocycles. The lowest BCUT2D eigenvalue weighted by molar-refractivity contribution is -0.144. The monoisotopic (exact) mass is 204 g/mol. The third-order valence-electron chi connectivity index (χ3n) is 2.66. The van der Waals surface area contributed by atoms with E-state index < -0.39 is 5.60 Å². The second kappa shape index (κ2) is 3.50. The fourth-order valence-electron chi connectivity index (χ4n) is 1.75. The second-order valence-electron chi connectivity index (χ2n) is 3.90. The molecule has 1 aromatic rings. The Labute approximate surface area is 88.1 Å². The molecule has 3 heteroatoms. The Morgan fingerprint density at radius 1 is 1.33 bits per heavy atom. The van der Waals surface area contributed by atoms with Crippen LogP contribution in [0.5, 0.6) is 0 Å². The predicted octanol–water partition coefficient (Wildman–Crippen LogP) is 1.97. The van der Waals surface area contributed by atoms with Gasteiger partial charge in [0.2, 0.25) is 5.78 Å². The molecule has 0 radical (unpaired) electrons. The molecule has 1 aliphatic rings. The van der Waals surface area contributed by atoms with Gasteiger partial charge in [-0.15, -0.1) is 0 Å². The summed E-state index contributed by atoms with van der Waals surface area (Å²) < 4.78 is 5.08. The van der Waals surface area contributed by atoms with Crippen molar-refractivity contribution in [3.05, 3.63) is 35.9 Å². The molecule has 1 fully saturated rings.